The molecule has 3 rings (SSSR count). The third kappa shape index (κ3) is 5.08. The van der Waals surface area contributed by atoms with Gasteiger partial charge in [-0.1, -0.05) is 53.5 Å². The molecule has 0 atom stereocenters. The van der Waals surface area contributed by atoms with Crippen LogP contribution in [0.2, 0.25) is 10.0 Å². The number of benzene rings is 2. The monoisotopic (exact) mass is 388 g/mol. The van der Waals surface area contributed by atoms with Crippen molar-refractivity contribution in [2.75, 3.05) is 23.8 Å². The van der Waals surface area contributed by atoms with Gasteiger partial charge in [0.2, 0.25) is 5.95 Å². The Bertz CT molecular complexity index is 854. The minimum absolute atomic E-state index is 0.109. The lowest BCUT2D eigenvalue weighted by Gasteiger charge is -2.12. The zero-order chi connectivity index (χ0) is 18.4. The predicted octanol–water partition coefficient (Wildman–Crippen LogP) is 4.99. The normalized spacial score (nSPS) is 10.6. The van der Waals surface area contributed by atoms with Gasteiger partial charge in [-0.25, -0.2) is 4.98 Å². The summed E-state index contributed by atoms with van der Waals surface area (Å²) in [5.74, 6) is 1.10. The van der Waals surface area contributed by atoms with Gasteiger partial charge in [0, 0.05) is 40.5 Å². The highest BCUT2D eigenvalue weighted by Gasteiger charge is 2.08. The van der Waals surface area contributed by atoms with E-state index in [0.717, 1.165) is 16.9 Å². The summed E-state index contributed by atoms with van der Waals surface area (Å²) < 4.78 is 0. The average molecular weight is 389 g/mol. The number of nitrogens with one attached hydrogen (secondary N) is 2. The van der Waals surface area contributed by atoms with Crippen molar-refractivity contribution < 1.29 is 5.11 Å². The number of halogens is 2. The summed E-state index contributed by atoms with van der Waals surface area (Å²) in [6, 6.07) is 16.9. The highest BCUT2D eigenvalue weighted by atomic mass is 35.5. The van der Waals surface area contributed by atoms with Crippen LogP contribution in [-0.4, -0.2) is 28.2 Å². The molecule has 0 bridgehead atoms. The largest absolute Gasteiger partial charge is 0.396 e. The Kier molecular flexibility index (Phi) is 6.28. The van der Waals surface area contributed by atoms with Crippen LogP contribution in [0.3, 0.4) is 0 Å². The Morgan fingerprint density at radius 1 is 0.923 bits per heavy atom. The highest BCUT2D eigenvalue weighted by Crippen LogP contribution is 2.27. The Balaban J connectivity index is 1.93. The van der Waals surface area contributed by atoms with E-state index in [-0.39, 0.29) is 6.61 Å². The van der Waals surface area contributed by atoms with E-state index < -0.39 is 0 Å². The molecule has 7 heteroatoms. The van der Waals surface area contributed by atoms with Crippen molar-refractivity contribution in [3.8, 4) is 11.3 Å². The zero-order valence-electron chi connectivity index (χ0n) is 13.9. The molecule has 0 saturated heterocycles. The quantitative estimate of drug-likeness (QED) is 0.497. The number of rotatable bonds is 7. The van der Waals surface area contributed by atoms with E-state index in [2.05, 4.69) is 20.6 Å². The number of nitrogens with zero attached hydrogens (tertiary/aromatic N) is 2. The van der Waals surface area contributed by atoms with Crippen LogP contribution in [0.25, 0.3) is 11.3 Å². The Morgan fingerprint density at radius 3 is 2.35 bits per heavy atom. The minimum atomic E-state index is 0.109. The summed E-state index contributed by atoms with van der Waals surface area (Å²) in [5.41, 5.74) is 2.50. The number of hydrogen-bond acceptors (Lipinski definition) is 5. The van der Waals surface area contributed by atoms with Gasteiger partial charge in [0.15, 0.2) is 0 Å². The molecule has 0 aliphatic carbocycles. The third-order valence-corrected chi connectivity index (χ3v) is 3.99. The van der Waals surface area contributed by atoms with Crippen molar-refractivity contribution in [2.45, 2.75) is 6.42 Å². The molecule has 0 aliphatic rings. The van der Waals surface area contributed by atoms with Gasteiger partial charge in [0.25, 0.3) is 0 Å². The first-order valence-electron chi connectivity index (χ1n) is 8.16. The van der Waals surface area contributed by atoms with Gasteiger partial charge >= 0.3 is 0 Å². The number of aliphatic hydroxyl groups excluding tert-OH is 1. The van der Waals surface area contributed by atoms with E-state index in [9.17, 15) is 0 Å². The summed E-state index contributed by atoms with van der Waals surface area (Å²) >= 11 is 12.1. The third-order valence-electron chi connectivity index (χ3n) is 3.55. The number of aromatic nitrogens is 2. The second kappa shape index (κ2) is 8.85. The minimum Gasteiger partial charge on any atom is -0.396 e. The van der Waals surface area contributed by atoms with Crippen molar-refractivity contribution in [1.82, 2.24) is 9.97 Å². The second-order valence-electron chi connectivity index (χ2n) is 5.62. The molecular formula is C19H18Cl2N4O. The first-order valence-corrected chi connectivity index (χ1v) is 8.92. The summed E-state index contributed by atoms with van der Waals surface area (Å²) in [4.78, 5) is 9.04. The molecule has 0 spiro atoms. The van der Waals surface area contributed by atoms with E-state index in [0.29, 0.717) is 34.8 Å². The van der Waals surface area contributed by atoms with Gasteiger partial charge < -0.3 is 15.7 Å². The summed E-state index contributed by atoms with van der Waals surface area (Å²) in [7, 11) is 0. The first kappa shape index (κ1) is 18.5. The van der Waals surface area contributed by atoms with Crippen LogP contribution in [0.5, 0.6) is 0 Å². The van der Waals surface area contributed by atoms with Crippen molar-refractivity contribution in [3.05, 3.63) is 64.6 Å². The van der Waals surface area contributed by atoms with Crippen molar-refractivity contribution in [1.29, 1.82) is 0 Å². The summed E-state index contributed by atoms with van der Waals surface area (Å²) in [6.07, 6.45) is 0.617. The molecule has 2 aromatic carbocycles. The van der Waals surface area contributed by atoms with E-state index >= 15 is 0 Å². The zero-order valence-corrected chi connectivity index (χ0v) is 15.4. The fourth-order valence-electron chi connectivity index (χ4n) is 2.40. The number of hydrogen-bond donors (Lipinski definition) is 3. The molecule has 3 aromatic rings. The molecule has 3 N–H and O–H groups in total. The van der Waals surface area contributed by atoms with Crippen LogP contribution in [0.4, 0.5) is 17.5 Å². The maximum atomic E-state index is 8.96. The predicted molar refractivity (Wildman–Crippen MR) is 107 cm³/mol. The number of anilines is 3. The average Bonchev–Trinajstić information content (AvgIpc) is 2.62. The lowest BCUT2D eigenvalue weighted by Crippen LogP contribution is -2.08. The van der Waals surface area contributed by atoms with E-state index in [1.54, 1.807) is 18.2 Å². The lowest BCUT2D eigenvalue weighted by atomic mass is 10.1. The van der Waals surface area contributed by atoms with Gasteiger partial charge in [-0.15, -0.1) is 0 Å². The maximum Gasteiger partial charge on any atom is 0.225 e. The van der Waals surface area contributed by atoms with Gasteiger partial charge in [0.05, 0.1) is 5.69 Å². The topological polar surface area (TPSA) is 70.1 Å². The Labute approximate surface area is 162 Å². The fraction of sp³-hybridized carbons (Fsp3) is 0.158. The van der Waals surface area contributed by atoms with Crippen LogP contribution >= 0.6 is 23.2 Å². The first-order chi connectivity index (χ1) is 12.6. The molecule has 134 valence electrons. The van der Waals surface area contributed by atoms with Crippen LogP contribution < -0.4 is 10.6 Å². The van der Waals surface area contributed by atoms with Crippen LogP contribution in [0, 0.1) is 0 Å². The van der Waals surface area contributed by atoms with Crippen LogP contribution in [-0.2, 0) is 0 Å². The Hall–Kier alpha value is -2.34. The molecule has 0 amide bonds. The smallest absolute Gasteiger partial charge is 0.225 e. The molecule has 0 radical (unpaired) electrons. The standard InChI is InChI=1S/C19H18Cl2N4O/c20-14-9-15(21)11-16(10-14)23-18-12-17(13-5-2-1-3-6-13)24-19(25-18)22-7-4-8-26/h1-3,5-6,9-12,26H,4,7-8H2,(H2,22,23,24,25). The lowest BCUT2D eigenvalue weighted by molar-refractivity contribution is 0.292. The Morgan fingerprint density at radius 2 is 1.65 bits per heavy atom. The fourth-order valence-corrected chi connectivity index (χ4v) is 2.93. The van der Waals surface area contributed by atoms with Gasteiger partial charge in [-0.05, 0) is 24.6 Å². The highest BCUT2D eigenvalue weighted by molar-refractivity contribution is 6.35. The van der Waals surface area contributed by atoms with Crippen molar-refractivity contribution >= 4 is 40.7 Å². The van der Waals surface area contributed by atoms with Crippen LogP contribution in [0.1, 0.15) is 6.42 Å². The molecule has 0 aliphatic heterocycles. The number of aliphatic hydroxyl groups is 1. The molecule has 1 aromatic heterocycles. The molecule has 1 heterocycles. The van der Waals surface area contributed by atoms with E-state index in [4.69, 9.17) is 28.3 Å². The maximum absolute atomic E-state index is 8.96. The molecule has 0 saturated carbocycles. The van der Waals surface area contributed by atoms with Crippen molar-refractivity contribution in [2.24, 2.45) is 0 Å². The van der Waals surface area contributed by atoms with Crippen molar-refractivity contribution in [3.63, 3.8) is 0 Å². The van der Waals surface area contributed by atoms with Gasteiger partial charge in [-0.3, -0.25) is 0 Å². The van der Waals surface area contributed by atoms with Gasteiger partial charge in [0.1, 0.15) is 5.82 Å². The summed E-state index contributed by atoms with van der Waals surface area (Å²) in [5, 5.41) is 16.4. The van der Waals surface area contributed by atoms with Crippen LogP contribution in [0.15, 0.2) is 54.6 Å². The molecular weight excluding hydrogens is 371 g/mol. The molecule has 0 unspecified atom stereocenters. The summed E-state index contributed by atoms with van der Waals surface area (Å²) in [6.45, 7) is 0.689. The molecule has 0 fully saturated rings. The SMILES string of the molecule is OCCCNc1nc(Nc2cc(Cl)cc(Cl)c2)cc(-c2ccccc2)n1. The van der Waals surface area contributed by atoms with E-state index in [1.807, 2.05) is 36.4 Å². The second-order valence-corrected chi connectivity index (χ2v) is 6.49. The van der Waals surface area contributed by atoms with Gasteiger partial charge in [-0.2, -0.15) is 4.98 Å². The molecule has 5 nitrogen and oxygen atoms in total. The van der Waals surface area contributed by atoms with E-state index in [1.165, 1.54) is 0 Å². The molecule has 26 heavy (non-hydrogen) atoms.